The molecular formula is C13H13ClN2O4S. The fourth-order valence-corrected chi connectivity index (χ4v) is 3.39. The highest BCUT2D eigenvalue weighted by Gasteiger charge is 2.27. The molecule has 112 valence electrons. The molecule has 1 aliphatic heterocycles. The third-order valence-electron chi connectivity index (χ3n) is 3.16. The van der Waals surface area contributed by atoms with Gasteiger partial charge in [0.15, 0.2) is 5.75 Å². The zero-order valence-corrected chi connectivity index (χ0v) is 12.6. The second kappa shape index (κ2) is 5.76. The van der Waals surface area contributed by atoms with Crippen molar-refractivity contribution >= 4 is 32.8 Å². The molecule has 1 aliphatic rings. The molecule has 0 bridgehead atoms. The topological polar surface area (TPSA) is 68.7 Å². The molecule has 1 fully saturated rings. The van der Waals surface area contributed by atoms with E-state index in [2.05, 4.69) is 4.98 Å². The zero-order valence-electron chi connectivity index (χ0n) is 11.0. The van der Waals surface area contributed by atoms with Crippen molar-refractivity contribution in [3.63, 3.8) is 0 Å². The SMILES string of the molecule is O=S(=O)(Oc1ccc(Cl)c2cccnc12)N1CCOCC1. The van der Waals surface area contributed by atoms with Crippen molar-refractivity contribution < 1.29 is 17.3 Å². The molecule has 1 aromatic carbocycles. The molecule has 2 aromatic rings. The summed E-state index contributed by atoms with van der Waals surface area (Å²) < 4.78 is 36.2. The average molecular weight is 329 g/mol. The molecule has 0 radical (unpaired) electrons. The van der Waals surface area contributed by atoms with Gasteiger partial charge in [-0.1, -0.05) is 11.6 Å². The van der Waals surface area contributed by atoms with Crippen molar-refractivity contribution in [1.82, 2.24) is 9.29 Å². The van der Waals surface area contributed by atoms with E-state index in [1.54, 1.807) is 24.4 Å². The zero-order chi connectivity index (χ0) is 14.9. The fraction of sp³-hybridized carbons (Fsp3) is 0.308. The molecule has 0 atom stereocenters. The lowest BCUT2D eigenvalue weighted by atomic mass is 10.2. The van der Waals surface area contributed by atoms with Gasteiger partial charge in [0, 0.05) is 24.7 Å². The first kappa shape index (κ1) is 14.5. The van der Waals surface area contributed by atoms with Crippen LogP contribution >= 0.6 is 11.6 Å². The van der Waals surface area contributed by atoms with Gasteiger partial charge in [0.2, 0.25) is 0 Å². The van der Waals surface area contributed by atoms with Crippen LogP contribution in [0.15, 0.2) is 30.5 Å². The number of nitrogens with zero attached hydrogens (tertiary/aromatic N) is 2. The first-order chi connectivity index (χ1) is 10.1. The summed E-state index contributed by atoms with van der Waals surface area (Å²) in [7, 11) is -3.87. The molecule has 3 rings (SSSR count). The minimum atomic E-state index is -3.87. The summed E-state index contributed by atoms with van der Waals surface area (Å²) in [6.45, 7) is 1.28. The lowest BCUT2D eigenvalue weighted by Gasteiger charge is -2.25. The van der Waals surface area contributed by atoms with Gasteiger partial charge in [-0.3, -0.25) is 4.98 Å². The number of hydrogen-bond donors (Lipinski definition) is 0. The van der Waals surface area contributed by atoms with Crippen LogP contribution in [0, 0.1) is 0 Å². The highest BCUT2D eigenvalue weighted by molar-refractivity contribution is 7.84. The van der Waals surface area contributed by atoms with Crippen molar-refractivity contribution in [3.05, 3.63) is 35.5 Å². The van der Waals surface area contributed by atoms with Crippen LogP contribution in [0.5, 0.6) is 5.75 Å². The van der Waals surface area contributed by atoms with Crippen LogP contribution in [-0.2, 0) is 15.0 Å². The predicted molar refractivity (Wildman–Crippen MR) is 78.7 cm³/mol. The van der Waals surface area contributed by atoms with E-state index in [0.717, 1.165) is 0 Å². The number of hydrogen-bond acceptors (Lipinski definition) is 5. The largest absolute Gasteiger partial charge is 0.385 e. The summed E-state index contributed by atoms with van der Waals surface area (Å²) >= 11 is 6.08. The Hall–Kier alpha value is -1.41. The maximum atomic E-state index is 12.3. The van der Waals surface area contributed by atoms with Crippen LogP contribution < -0.4 is 4.18 Å². The molecule has 0 aliphatic carbocycles. The van der Waals surface area contributed by atoms with E-state index in [1.807, 2.05) is 0 Å². The van der Waals surface area contributed by atoms with Gasteiger partial charge >= 0.3 is 10.3 Å². The lowest BCUT2D eigenvalue weighted by molar-refractivity contribution is 0.0698. The summed E-state index contributed by atoms with van der Waals surface area (Å²) in [6, 6.07) is 6.60. The van der Waals surface area contributed by atoms with Crippen LogP contribution in [-0.4, -0.2) is 44.0 Å². The van der Waals surface area contributed by atoms with E-state index < -0.39 is 10.3 Å². The van der Waals surface area contributed by atoms with Gasteiger partial charge in [0.05, 0.1) is 18.2 Å². The molecule has 0 amide bonds. The van der Waals surface area contributed by atoms with Crippen molar-refractivity contribution in [2.45, 2.75) is 0 Å². The molecule has 21 heavy (non-hydrogen) atoms. The maximum Gasteiger partial charge on any atom is 0.385 e. The summed E-state index contributed by atoms with van der Waals surface area (Å²) in [6.07, 6.45) is 1.56. The maximum absolute atomic E-state index is 12.3. The molecule has 8 heteroatoms. The van der Waals surface area contributed by atoms with Gasteiger partial charge in [0.25, 0.3) is 0 Å². The molecule has 0 spiro atoms. The third-order valence-corrected chi connectivity index (χ3v) is 4.88. The predicted octanol–water partition coefficient (Wildman–Crippen LogP) is 1.84. The monoisotopic (exact) mass is 328 g/mol. The Bertz CT molecular complexity index is 760. The molecule has 0 N–H and O–H groups in total. The van der Waals surface area contributed by atoms with Crippen LogP contribution in [0.3, 0.4) is 0 Å². The van der Waals surface area contributed by atoms with E-state index in [4.69, 9.17) is 20.5 Å². The lowest BCUT2D eigenvalue weighted by Crippen LogP contribution is -2.42. The Kier molecular flexibility index (Phi) is 3.99. The minimum Gasteiger partial charge on any atom is -0.379 e. The van der Waals surface area contributed by atoms with E-state index in [1.165, 1.54) is 10.4 Å². The van der Waals surface area contributed by atoms with E-state index in [-0.39, 0.29) is 18.8 Å². The van der Waals surface area contributed by atoms with Gasteiger partial charge in [0.1, 0.15) is 5.52 Å². The highest BCUT2D eigenvalue weighted by Crippen LogP contribution is 2.30. The molecule has 6 nitrogen and oxygen atoms in total. The normalized spacial score (nSPS) is 17.0. The van der Waals surface area contributed by atoms with Crippen LogP contribution in [0.1, 0.15) is 0 Å². The molecule has 1 saturated heterocycles. The minimum absolute atomic E-state index is 0.168. The quantitative estimate of drug-likeness (QED) is 0.860. The first-order valence-corrected chi connectivity index (χ1v) is 8.13. The van der Waals surface area contributed by atoms with Crippen molar-refractivity contribution in [2.24, 2.45) is 0 Å². The number of halogens is 1. The number of rotatable bonds is 3. The molecule has 2 heterocycles. The van der Waals surface area contributed by atoms with Gasteiger partial charge in [-0.2, -0.15) is 12.7 Å². The molecule has 0 unspecified atom stereocenters. The van der Waals surface area contributed by atoms with Gasteiger partial charge in [-0.25, -0.2) is 0 Å². The number of ether oxygens (including phenoxy) is 1. The third kappa shape index (κ3) is 2.96. The second-order valence-electron chi connectivity index (χ2n) is 4.50. The van der Waals surface area contributed by atoms with Crippen molar-refractivity contribution in [2.75, 3.05) is 26.3 Å². The number of pyridine rings is 1. The van der Waals surface area contributed by atoms with Gasteiger partial charge in [-0.05, 0) is 24.3 Å². The standard InChI is InChI=1S/C13H13ClN2O4S/c14-11-3-4-12(13-10(11)2-1-5-15-13)20-21(17,18)16-6-8-19-9-7-16/h1-5H,6-9H2. The molecule has 0 saturated carbocycles. The molecule has 1 aromatic heterocycles. The molecular weight excluding hydrogens is 316 g/mol. The van der Waals surface area contributed by atoms with E-state index in [0.29, 0.717) is 29.1 Å². The number of morpholine rings is 1. The second-order valence-corrected chi connectivity index (χ2v) is 6.44. The number of benzene rings is 1. The smallest absolute Gasteiger partial charge is 0.379 e. The Morgan fingerprint density at radius 2 is 2.00 bits per heavy atom. The summed E-state index contributed by atoms with van der Waals surface area (Å²) in [4.78, 5) is 4.15. The van der Waals surface area contributed by atoms with Crippen LogP contribution in [0.4, 0.5) is 0 Å². The van der Waals surface area contributed by atoms with E-state index in [9.17, 15) is 8.42 Å². The Balaban J connectivity index is 1.96. The van der Waals surface area contributed by atoms with Crippen molar-refractivity contribution in [1.29, 1.82) is 0 Å². The number of aromatic nitrogens is 1. The Labute approximate surface area is 127 Å². The van der Waals surface area contributed by atoms with E-state index >= 15 is 0 Å². The first-order valence-electron chi connectivity index (χ1n) is 6.38. The Morgan fingerprint density at radius 3 is 2.76 bits per heavy atom. The summed E-state index contributed by atoms with van der Waals surface area (Å²) in [5.74, 6) is 0.168. The summed E-state index contributed by atoms with van der Waals surface area (Å²) in [5.41, 5.74) is 0.418. The van der Waals surface area contributed by atoms with Gasteiger partial charge < -0.3 is 8.92 Å². The van der Waals surface area contributed by atoms with Gasteiger partial charge in [-0.15, -0.1) is 0 Å². The fourth-order valence-electron chi connectivity index (χ4n) is 2.12. The van der Waals surface area contributed by atoms with Crippen LogP contribution in [0.25, 0.3) is 10.9 Å². The summed E-state index contributed by atoms with van der Waals surface area (Å²) in [5, 5.41) is 1.14. The Morgan fingerprint density at radius 1 is 1.24 bits per heavy atom. The van der Waals surface area contributed by atoms with Crippen LogP contribution in [0.2, 0.25) is 5.02 Å². The number of fused-ring (bicyclic) bond motifs is 1. The highest BCUT2D eigenvalue weighted by atomic mass is 35.5. The van der Waals surface area contributed by atoms with Crippen molar-refractivity contribution in [3.8, 4) is 5.75 Å². The average Bonchev–Trinajstić information content (AvgIpc) is 2.51.